The first-order chi connectivity index (χ1) is 16.9. The minimum Gasteiger partial charge on any atom is -0.326 e. The molecule has 0 bridgehead atoms. The summed E-state index contributed by atoms with van der Waals surface area (Å²) in [4.78, 5) is 27.2. The highest BCUT2D eigenvalue weighted by Crippen LogP contribution is 2.65. The van der Waals surface area contributed by atoms with Crippen molar-refractivity contribution < 1.29 is 14.0 Å². The van der Waals surface area contributed by atoms with Crippen LogP contribution in [0.2, 0.25) is 15.1 Å². The minimum atomic E-state index is -1.36. The molecular formula is C25H15Cl5FN3O2. The molecule has 184 valence electrons. The Morgan fingerprint density at radius 2 is 1.69 bits per heavy atom. The van der Waals surface area contributed by atoms with Crippen LogP contribution in [0.3, 0.4) is 0 Å². The monoisotopic (exact) mass is 583 g/mol. The molecule has 36 heavy (non-hydrogen) atoms. The molecule has 1 aliphatic rings. The second-order valence-corrected chi connectivity index (χ2v) is 10.8. The van der Waals surface area contributed by atoms with Crippen molar-refractivity contribution in [1.82, 2.24) is 0 Å². The van der Waals surface area contributed by atoms with E-state index in [0.29, 0.717) is 15.6 Å². The summed E-state index contributed by atoms with van der Waals surface area (Å²) in [5, 5.41) is 12.4. The van der Waals surface area contributed by atoms with Crippen LogP contribution in [0.25, 0.3) is 0 Å². The van der Waals surface area contributed by atoms with Crippen molar-refractivity contribution in [3.8, 4) is 6.07 Å². The second kappa shape index (κ2) is 10.1. The van der Waals surface area contributed by atoms with Gasteiger partial charge in [0, 0.05) is 18.7 Å². The zero-order chi connectivity index (χ0) is 26.4. The Hall–Kier alpha value is -2.53. The quantitative estimate of drug-likeness (QED) is 0.316. The summed E-state index contributed by atoms with van der Waals surface area (Å²) in [6.07, 6.45) is 0. The topological polar surface area (TPSA) is 73.2 Å². The van der Waals surface area contributed by atoms with Gasteiger partial charge in [-0.1, -0.05) is 40.9 Å². The third-order valence-electron chi connectivity index (χ3n) is 5.85. The lowest BCUT2D eigenvalue weighted by Gasteiger charge is -2.19. The van der Waals surface area contributed by atoms with E-state index in [2.05, 4.69) is 5.32 Å². The Bertz CT molecular complexity index is 1440. The van der Waals surface area contributed by atoms with Crippen molar-refractivity contribution in [2.45, 2.75) is 10.3 Å². The molecule has 5 nitrogen and oxygen atoms in total. The Kier molecular flexibility index (Phi) is 7.43. The summed E-state index contributed by atoms with van der Waals surface area (Å²) >= 11 is 31.1. The normalized spacial score (nSPS) is 17.7. The van der Waals surface area contributed by atoms with Gasteiger partial charge in [0.05, 0.1) is 43.9 Å². The molecule has 0 radical (unpaired) electrons. The number of amides is 2. The first-order valence-corrected chi connectivity index (χ1v) is 12.3. The molecule has 3 aromatic rings. The van der Waals surface area contributed by atoms with Gasteiger partial charge in [-0.2, -0.15) is 5.26 Å². The van der Waals surface area contributed by atoms with E-state index in [1.54, 1.807) is 18.2 Å². The lowest BCUT2D eigenvalue weighted by Crippen LogP contribution is -2.27. The first kappa shape index (κ1) is 26.5. The van der Waals surface area contributed by atoms with Crippen LogP contribution in [-0.4, -0.2) is 23.2 Å². The number of hydrogen-bond donors (Lipinski definition) is 1. The van der Waals surface area contributed by atoms with Crippen LogP contribution in [0.5, 0.6) is 0 Å². The van der Waals surface area contributed by atoms with E-state index in [1.165, 1.54) is 37.4 Å². The molecule has 0 heterocycles. The Labute approximate surface area is 231 Å². The largest absolute Gasteiger partial charge is 0.326 e. The van der Waals surface area contributed by atoms with Crippen molar-refractivity contribution in [2.24, 2.45) is 5.92 Å². The molecule has 0 spiro atoms. The van der Waals surface area contributed by atoms with Crippen molar-refractivity contribution in [2.75, 3.05) is 17.3 Å². The van der Waals surface area contributed by atoms with E-state index in [9.17, 15) is 14.0 Å². The van der Waals surface area contributed by atoms with Gasteiger partial charge >= 0.3 is 0 Å². The van der Waals surface area contributed by atoms with Crippen molar-refractivity contribution in [3.63, 3.8) is 0 Å². The maximum absolute atomic E-state index is 14.4. The highest BCUT2D eigenvalue weighted by molar-refractivity contribution is 6.53. The zero-order valence-corrected chi connectivity index (χ0v) is 22.1. The van der Waals surface area contributed by atoms with Gasteiger partial charge in [-0.05, 0) is 54.1 Å². The molecule has 1 saturated carbocycles. The molecule has 4 rings (SSSR count). The number of halogens is 6. The van der Waals surface area contributed by atoms with Crippen LogP contribution in [0.15, 0.2) is 54.6 Å². The molecule has 0 saturated heterocycles. The van der Waals surface area contributed by atoms with Crippen LogP contribution in [-0.2, 0) is 4.79 Å². The average Bonchev–Trinajstić information content (AvgIpc) is 3.42. The molecule has 3 aromatic carbocycles. The molecule has 1 N–H and O–H groups in total. The molecule has 1 fully saturated rings. The highest BCUT2D eigenvalue weighted by Gasteiger charge is 2.67. The summed E-state index contributed by atoms with van der Waals surface area (Å²) in [5.41, 5.74) is 1.04. The Balaban J connectivity index is 1.54. The highest BCUT2D eigenvalue weighted by atomic mass is 35.5. The van der Waals surface area contributed by atoms with Gasteiger partial charge in [0.1, 0.15) is 10.2 Å². The van der Waals surface area contributed by atoms with Crippen molar-refractivity contribution >= 4 is 81.2 Å². The van der Waals surface area contributed by atoms with E-state index in [4.69, 9.17) is 63.3 Å². The van der Waals surface area contributed by atoms with E-state index in [-0.39, 0.29) is 27.5 Å². The van der Waals surface area contributed by atoms with Crippen LogP contribution >= 0.6 is 58.0 Å². The SMILES string of the molecule is CN(C(=O)c1cc(NC(=O)[C@@H]2[C@@H](c3ccc(Cl)c(Cl)c3)C2(Cl)Cl)ccc1Cl)c1ccc(C#N)cc1F. The summed E-state index contributed by atoms with van der Waals surface area (Å²) < 4.78 is 13.1. The molecule has 2 atom stereocenters. The standard InChI is InChI=1S/C25H15Cl5FN3O2/c1-34(20-7-2-12(11-32)8-19(20)31)24(36)15-10-14(4-6-16(15)26)33-23(35)22-21(25(22,29)30)13-3-5-17(27)18(28)9-13/h2-10,21-22H,1H3,(H,33,35)/t21-,22+/m1/s1. The fourth-order valence-corrected chi connectivity index (χ4v) is 5.23. The van der Waals surface area contributed by atoms with Crippen LogP contribution in [0.1, 0.15) is 27.4 Å². The molecule has 0 aromatic heterocycles. The van der Waals surface area contributed by atoms with Crippen molar-refractivity contribution in [3.05, 3.63) is 92.2 Å². The second-order valence-electron chi connectivity index (χ2n) is 8.13. The lowest BCUT2D eigenvalue weighted by molar-refractivity contribution is -0.117. The summed E-state index contributed by atoms with van der Waals surface area (Å²) in [5.74, 6) is -3.14. The molecular weight excluding hydrogens is 571 g/mol. The number of nitrogens with one attached hydrogen (secondary N) is 1. The smallest absolute Gasteiger partial charge is 0.259 e. The van der Waals surface area contributed by atoms with Crippen LogP contribution in [0, 0.1) is 23.1 Å². The van der Waals surface area contributed by atoms with Gasteiger partial charge < -0.3 is 10.2 Å². The van der Waals surface area contributed by atoms with Gasteiger partial charge in [0.2, 0.25) is 5.91 Å². The number of anilines is 2. The van der Waals surface area contributed by atoms with Crippen molar-refractivity contribution in [1.29, 1.82) is 5.26 Å². The predicted molar refractivity (Wildman–Crippen MR) is 141 cm³/mol. The number of nitrogens with zero attached hydrogens (tertiary/aromatic N) is 2. The van der Waals surface area contributed by atoms with Gasteiger partial charge in [-0.15, -0.1) is 23.2 Å². The fraction of sp³-hybridized carbons (Fsp3) is 0.160. The summed E-state index contributed by atoms with van der Waals surface area (Å²) in [7, 11) is 1.37. The Morgan fingerprint density at radius 3 is 2.33 bits per heavy atom. The van der Waals surface area contributed by atoms with Gasteiger partial charge in [-0.25, -0.2) is 4.39 Å². The van der Waals surface area contributed by atoms with E-state index in [1.807, 2.05) is 6.07 Å². The molecule has 11 heteroatoms. The molecule has 0 unspecified atom stereocenters. The average molecular weight is 586 g/mol. The number of alkyl halides is 2. The van der Waals surface area contributed by atoms with Gasteiger partial charge in [0.25, 0.3) is 5.91 Å². The van der Waals surface area contributed by atoms with E-state index < -0.39 is 33.8 Å². The number of rotatable bonds is 5. The van der Waals surface area contributed by atoms with Crippen LogP contribution < -0.4 is 10.2 Å². The van der Waals surface area contributed by atoms with E-state index >= 15 is 0 Å². The van der Waals surface area contributed by atoms with Gasteiger partial charge in [-0.3, -0.25) is 9.59 Å². The number of benzene rings is 3. The van der Waals surface area contributed by atoms with E-state index in [0.717, 1.165) is 11.0 Å². The molecule has 2 amide bonds. The summed E-state index contributed by atoms with van der Waals surface area (Å²) in [6, 6.07) is 14.8. The third kappa shape index (κ3) is 5.00. The van der Waals surface area contributed by atoms with Gasteiger partial charge in [0.15, 0.2) is 0 Å². The summed E-state index contributed by atoms with van der Waals surface area (Å²) in [6.45, 7) is 0. The minimum absolute atomic E-state index is 0.0283. The number of nitriles is 1. The number of hydrogen-bond acceptors (Lipinski definition) is 3. The Morgan fingerprint density at radius 1 is 1.00 bits per heavy atom. The first-order valence-electron chi connectivity index (χ1n) is 10.4. The predicted octanol–water partition coefficient (Wildman–Crippen LogP) is 7.46. The van der Waals surface area contributed by atoms with Crippen LogP contribution in [0.4, 0.5) is 15.8 Å². The molecule has 0 aliphatic heterocycles. The third-order valence-corrected chi connectivity index (χ3v) is 7.85. The maximum Gasteiger partial charge on any atom is 0.259 e. The fourth-order valence-electron chi connectivity index (χ4n) is 3.90. The number of carbonyl (C=O) groups excluding carboxylic acids is 2. The number of carbonyl (C=O) groups is 2. The lowest BCUT2D eigenvalue weighted by atomic mass is 10.1. The zero-order valence-electron chi connectivity index (χ0n) is 18.3. The molecule has 1 aliphatic carbocycles. The maximum atomic E-state index is 14.4.